The molecule has 0 radical (unpaired) electrons. The van der Waals surface area contributed by atoms with Crippen LogP contribution in [-0.4, -0.2) is 55.0 Å². The van der Waals surface area contributed by atoms with Gasteiger partial charge in [-0.2, -0.15) is 0 Å². The summed E-state index contributed by atoms with van der Waals surface area (Å²) in [4.78, 5) is 16.2. The Morgan fingerprint density at radius 2 is 1.95 bits per heavy atom. The van der Waals surface area contributed by atoms with Gasteiger partial charge in [0.15, 0.2) is 6.61 Å². The topological polar surface area (TPSA) is 32.8 Å². The van der Waals surface area contributed by atoms with Crippen molar-refractivity contribution < 1.29 is 9.53 Å². The molecule has 1 aliphatic rings. The van der Waals surface area contributed by atoms with Gasteiger partial charge < -0.3 is 14.5 Å². The van der Waals surface area contributed by atoms with Gasteiger partial charge >= 0.3 is 0 Å². The van der Waals surface area contributed by atoms with E-state index < -0.39 is 0 Å². The summed E-state index contributed by atoms with van der Waals surface area (Å²) in [7, 11) is 0. The van der Waals surface area contributed by atoms with Gasteiger partial charge in [0.2, 0.25) is 0 Å². The second-order valence-electron chi connectivity index (χ2n) is 4.68. The normalized spacial score (nSPS) is 16.2. The fourth-order valence-electron chi connectivity index (χ4n) is 2.14. The molecule has 1 saturated heterocycles. The van der Waals surface area contributed by atoms with Crippen molar-refractivity contribution >= 4 is 29.1 Å². The first-order valence-corrected chi connectivity index (χ1v) is 7.43. The Morgan fingerprint density at radius 3 is 2.55 bits per heavy atom. The zero-order valence-electron chi connectivity index (χ0n) is 11.4. The standard InChI is InChI=1S/C14H18Cl2N2O2/c1-2-17-5-7-18(8-6-17)14(19)10-20-13-4-3-11(15)9-12(13)16/h3-4,9H,2,5-8,10H2,1H3. The highest BCUT2D eigenvalue weighted by atomic mass is 35.5. The van der Waals surface area contributed by atoms with Gasteiger partial charge in [0.05, 0.1) is 5.02 Å². The summed E-state index contributed by atoms with van der Waals surface area (Å²) in [6.45, 7) is 6.51. The molecule has 0 bridgehead atoms. The molecular weight excluding hydrogens is 299 g/mol. The van der Waals surface area contributed by atoms with Crippen LogP contribution in [0.5, 0.6) is 5.75 Å². The lowest BCUT2D eigenvalue weighted by Gasteiger charge is -2.33. The lowest BCUT2D eigenvalue weighted by atomic mass is 10.3. The summed E-state index contributed by atoms with van der Waals surface area (Å²) in [6.07, 6.45) is 0. The number of piperazine rings is 1. The minimum Gasteiger partial charge on any atom is -0.482 e. The van der Waals surface area contributed by atoms with E-state index in [1.165, 1.54) is 0 Å². The fraction of sp³-hybridized carbons (Fsp3) is 0.500. The molecule has 1 aromatic carbocycles. The van der Waals surface area contributed by atoms with E-state index in [0.717, 1.165) is 32.7 Å². The van der Waals surface area contributed by atoms with Crippen LogP contribution < -0.4 is 4.74 Å². The predicted molar refractivity (Wildman–Crippen MR) is 80.7 cm³/mol. The number of ether oxygens (including phenoxy) is 1. The highest BCUT2D eigenvalue weighted by Crippen LogP contribution is 2.27. The van der Waals surface area contributed by atoms with Crippen LogP contribution in [0.4, 0.5) is 0 Å². The van der Waals surface area contributed by atoms with Crippen molar-refractivity contribution in [3.8, 4) is 5.75 Å². The van der Waals surface area contributed by atoms with Gasteiger partial charge in [-0.1, -0.05) is 30.1 Å². The second-order valence-corrected chi connectivity index (χ2v) is 5.52. The van der Waals surface area contributed by atoms with E-state index >= 15 is 0 Å². The van der Waals surface area contributed by atoms with Crippen LogP contribution in [0.2, 0.25) is 10.0 Å². The molecule has 0 N–H and O–H groups in total. The van der Waals surface area contributed by atoms with Gasteiger partial charge in [0, 0.05) is 31.2 Å². The van der Waals surface area contributed by atoms with Gasteiger partial charge in [0.1, 0.15) is 5.75 Å². The molecule has 0 aliphatic carbocycles. The summed E-state index contributed by atoms with van der Waals surface area (Å²) in [6, 6.07) is 4.96. The van der Waals surface area contributed by atoms with E-state index in [0.29, 0.717) is 15.8 Å². The van der Waals surface area contributed by atoms with Crippen molar-refractivity contribution in [3.63, 3.8) is 0 Å². The molecule has 0 spiro atoms. The van der Waals surface area contributed by atoms with E-state index in [9.17, 15) is 4.79 Å². The summed E-state index contributed by atoms with van der Waals surface area (Å²) in [5.74, 6) is 0.475. The quantitative estimate of drug-likeness (QED) is 0.855. The number of likely N-dealkylation sites (N-methyl/N-ethyl adjacent to an activating group) is 1. The molecule has 2 rings (SSSR count). The van der Waals surface area contributed by atoms with Crippen molar-refractivity contribution in [2.24, 2.45) is 0 Å². The molecule has 6 heteroatoms. The van der Waals surface area contributed by atoms with E-state index in [1.54, 1.807) is 18.2 Å². The van der Waals surface area contributed by atoms with Crippen molar-refractivity contribution in [3.05, 3.63) is 28.2 Å². The molecule has 1 aromatic rings. The average molecular weight is 317 g/mol. The summed E-state index contributed by atoms with van der Waals surface area (Å²) >= 11 is 11.8. The van der Waals surface area contributed by atoms with Gasteiger partial charge in [-0.3, -0.25) is 4.79 Å². The van der Waals surface area contributed by atoms with Crippen LogP contribution >= 0.6 is 23.2 Å². The van der Waals surface area contributed by atoms with E-state index in [-0.39, 0.29) is 12.5 Å². The Morgan fingerprint density at radius 1 is 1.25 bits per heavy atom. The van der Waals surface area contributed by atoms with Crippen molar-refractivity contribution in [2.75, 3.05) is 39.3 Å². The minimum absolute atomic E-state index is 0.00742. The zero-order chi connectivity index (χ0) is 14.5. The van der Waals surface area contributed by atoms with Crippen LogP contribution in [0.3, 0.4) is 0 Å². The maximum absolute atomic E-state index is 12.1. The Kier molecular flexibility index (Phi) is 5.52. The highest BCUT2D eigenvalue weighted by Gasteiger charge is 2.20. The molecule has 20 heavy (non-hydrogen) atoms. The second kappa shape index (κ2) is 7.16. The molecule has 1 amide bonds. The molecule has 0 aromatic heterocycles. The molecule has 0 atom stereocenters. The SMILES string of the molecule is CCN1CCN(C(=O)COc2ccc(Cl)cc2Cl)CC1. The maximum Gasteiger partial charge on any atom is 0.260 e. The van der Waals surface area contributed by atoms with Crippen molar-refractivity contribution in [1.29, 1.82) is 0 Å². The fourth-order valence-corrected chi connectivity index (χ4v) is 2.60. The highest BCUT2D eigenvalue weighted by molar-refractivity contribution is 6.35. The number of halogens is 2. The smallest absolute Gasteiger partial charge is 0.260 e. The number of carbonyl (C=O) groups excluding carboxylic acids is 1. The van der Waals surface area contributed by atoms with Gasteiger partial charge in [-0.05, 0) is 24.7 Å². The first kappa shape index (κ1) is 15.4. The summed E-state index contributed by atoms with van der Waals surface area (Å²) < 4.78 is 5.46. The molecule has 0 saturated carbocycles. The molecule has 4 nitrogen and oxygen atoms in total. The largest absolute Gasteiger partial charge is 0.482 e. The third-order valence-electron chi connectivity index (χ3n) is 3.42. The number of hydrogen-bond donors (Lipinski definition) is 0. The molecule has 1 fully saturated rings. The molecular formula is C14H18Cl2N2O2. The number of carbonyl (C=O) groups is 1. The predicted octanol–water partition coefficient (Wildman–Crippen LogP) is 2.54. The Hall–Kier alpha value is -0.970. The molecule has 1 aliphatic heterocycles. The third-order valence-corrected chi connectivity index (χ3v) is 3.95. The number of benzene rings is 1. The van der Waals surface area contributed by atoms with Gasteiger partial charge in [-0.25, -0.2) is 0 Å². The molecule has 0 unspecified atom stereocenters. The Bertz CT molecular complexity index is 474. The van der Waals surface area contributed by atoms with Gasteiger partial charge in [-0.15, -0.1) is 0 Å². The number of nitrogens with zero attached hydrogens (tertiary/aromatic N) is 2. The van der Waals surface area contributed by atoms with Crippen LogP contribution in [0.15, 0.2) is 18.2 Å². The van der Waals surface area contributed by atoms with Crippen LogP contribution in [-0.2, 0) is 4.79 Å². The lowest BCUT2D eigenvalue weighted by Crippen LogP contribution is -2.49. The zero-order valence-corrected chi connectivity index (χ0v) is 13.0. The first-order chi connectivity index (χ1) is 9.60. The third kappa shape index (κ3) is 4.01. The van der Waals surface area contributed by atoms with E-state index in [4.69, 9.17) is 27.9 Å². The van der Waals surface area contributed by atoms with Gasteiger partial charge in [0.25, 0.3) is 5.91 Å². The first-order valence-electron chi connectivity index (χ1n) is 6.68. The van der Waals surface area contributed by atoms with E-state index in [2.05, 4.69) is 11.8 Å². The Balaban J connectivity index is 1.83. The van der Waals surface area contributed by atoms with Crippen molar-refractivity contribution in [1.82, 2.24) is 9.80 Å². The number of hydrogen-bond acceptors (Lipinski definition) is 3. The Labute approximate surface area is 129 Å². The maximum atomic E-state index is 12.1. The van der Waals surface area contributed by atoms with Crippen LogP contribution in [0.25, 0.3) is 0 Å². The number of amides is 1. The van der Waals surface area contributed by atoms with E-state index in [1.807, 2.05) is 4.90 Å². The number of rotatable bonds is 4. The monoisotopic (exact) mass is 316 g/mol. The lowest BCUT2D eigenvalue weighted by molar-refractivity contribution is -0.135. The van der Waals surface area contributed by atoms with Crippen LogP contribution in [0, 0.1) is 0 Å². The minimum atomic E-state index is -0.00762. The summed E-state index contributed by atoms with van der Waals surface area (Å²) in [5.41, 5.74) is 0. The average Bonchev–Trinajstić information content (AvgIpc) is 2.46. The molecule has 110 valence electrons. The van der Waals surface area contributed by atoms with Crippen molar-refractivity contribution in [2.45, 2.75) is 6.92 Å². The van der Waals surface area contributed by atoms with Crippen LogP contribution in [0.1, 0.15) is 6.92 Å². The summed E-state index contributed by atoms with van der Waals surface area (Å²) in [5, 5.41) is 0.963. The molecule has 1 heterocycles.